The molecule has 0 aliphatic carbocycles. The quantitative estimate of drug-likeness (QED) is 0.691. The van der Waals surface area contributed by atoms with Gasteiger partial charge in [-0.2, -0.15) is 8.42 Å². The third-order valence-electron chi connectivity index (χ3n) is 4.06. The van der Waals surface area contributed by atoms with Crippen LogP contribution in [0.25, 0.3) is 0 Å². The minimum absolute atomic E-state index is 0.00370. The van der Waals surface area contributed by atoms with Gasteiger partial charge in [-0.1, -0.05) is 17.7 Å². The Morgan fingerprint density at radius 1 is 1.27 bits per heavy atom. The van der Waals surface area contributed by atoms with E-state index in [1.54, 1.807) is 12.1 Å². The Bertz CT molecular complexity index is 994. The van der Waals surface area contributed by atoms with Crippen molar-refractivity contribution in [3.05, 3.63) is 62.9 Å². The van der Waals surface area contributed by atoms with Gasteiger partial charge in [-0.3, -0.25) is 18.5 Å². The molecule has 3 rings (SSSR count). The van der Waals surface area contributed by atoms with E-state index in [9.17, 15) is 23.1 Å². The van der Waals surface area contributed by atoms with Gasteiger partial charge in [0.2, 0.25) is 0 Å². The highest BCUT2D eigenvalue weighted by molar-refractivity contribution is 7.86. The molecule has 140 valence electrons. The summed E-state index contributed by atoms with van der Waals surface area (Å²) in [5, 5.41) is 10.1. The predicted octanol–water partition coefficient (Wildman–Crippen LogP) is -0.101. The summed E-state index contributed by atoms with van der Waals surface area (Å²) in [7, 11) is -3.99. The topological polar surface area (TPSA) is 128 Å². The highest BCUT2D eigenvalue weighted by Gasteiger charge is 2.36. The Morgan fingerprint density at radius 2 is 1.96 bits per heavy atom. The Balaban J connectivity index is 1.68. The van der Waals surface area contributed by atoms with E-state index in [0.717, 1.165) is 16.2 Å². The molecule has 1 aliphatic heterocycles. The Hall–Kier alpha value is -2.27. The maximum atomic E-state index is 12.2. The Kier molecular flexibility index (Phi) is 5.10. The van der Waals surface area contributed by atoms with Crippen LogP contribution in [0.5, 0.6) is 0 Å². The van der Waals surface area contributed by atoms with Gasteiger partial charge in [-0.15, -0.1) is 0 Å². The summed E-state index contributed by atoms with van der Waals surface area (Å²) in [5.41, 5.74) is -0.315. The van der Waals surface area contributed by atoms with Gasteiger partial charge in [-0.05, 0) is 19.1 Å². The third-order valence-corrected chi connectivity index (χ3v) is 5.36. The molecule has 0 unspecified atom stereocenters. The van der Waals surface area contributed by atoms with Crippen LogP contribution in [0.15, 0.2) is 51.0 Å². The first kappa shape index (κ1) is 18.5. The lowest BCUT2D eigenvalue weighted by atomic mass is 10.2. The first-order chi connectivity index (χ1) is 12.3. The lowest BCUT2D eigenvalue weighted by Crippen LogP contribution is -2.32. The monoisotopic (exact) mass is 382 g/mol. The number of nitrogens with zero attached hydrogens (tertiary/aromatic N) is 1. The Labute approximate surface area is 149 Å². The van der Waals surface area contributed by atoms with Crippen molar-refractivity contribution in [2.75, 3.05) is 6.61 Å². The average molecular weight is 382 g/mol. The van der Waals surface area contributed by atoms with Crippen molar-refractivity contribution >= 4 is 10.1 Å². The van der Waals surface area contributed by atoms with Crippen molar-refractivity contribution in [2.45, 2.75) is 36.7 Å². The van der Waals surface area contributed by atoms with Crippen LogP contribution in [0.4, 0.5) is 0 Å². The fourth-order valence-electron chi connectivity index (χ4n) is 2.62. The second-order valence-corrected chi connectivity index (χ2v) is 7.62. The highest BCUT2D eigenvalue weighted by Crippen LogP contribution is 2.28. The van der Waals surface area contributed by atoms with Gasteiger partial charge >= 0.3 is 5.69 Å². The first-order valence-electron chi connectivity index (χ1n) is 7.87. The number of ether oxygens (including phenoxy) is 1. The molecular weight excluding hydrogens is 364 g/mol. The number of H-pyrrole nitrogens is 1. The lowest BCUT2D eigenvalue weighted by Gasteiger charge is -2.16. The molecule has 0 bridgehead atoms. The van der Waals surface area contributed by atoms with E-state index in [-0.39, 0.29) is 11.3 Å². The molecule has 0 spiro atoms. The lowest BCUT2D eigenvalue weighted by molar-refractivity contribution is -0.0399. The van der Waals surface area contributed by atoms with Crippen LogP contribution in [0.2, 0.25) is 0 Å². The van der Waals surface area contributed by atoms with Crippen LogP contribution >= 0.6 is 0 Å². The molecule has 1 saturated heterocycles. The minimum atomic E-state index is -3.99. The zero-order valence-corrected chi connectivity index (χ0v) is 14.7. The second-order valence-electron chi connectivity index (χ2n) is 6.00. The van der Waals surface area contributed by atoms with Gasteiger partial charge in [0.15, 0.2) is 0 Å². The van der Waals surface area contributed by atoms with Gasteiger partial charge in [0.05, 0.1) is 17.6 Å². The van der Waals surface area contributed by atoms with Crippen LogP contribution in [-0.4, -0.2) is 41.9 Å². The second kappa shape index (κ2) is 7.16. The van der Waals surface area contributed by atoms with Crippen LogP contribution < -0.4 is 11.2 Å². The number of aliphatic hydroxyl groups is 1. The zero-order chi connectivity index (χ0) is 18.9. The molecule has 0 amide bonds. The van der Waals surface area contributed by atoms with Crippen LogP contribution in [0, 0.1) is 6.92 Å². The smallest absolute Gasteiger partial charge is 0.330 e. The molecule has 0 saturated carbocycles. The molecule has 2 heterocycles. The van der Waals surface area contributed by atoms with E-state index in [1.807, 2.05) is 6.92 Å². The van der Waals surface area contributed by atoms with Gasteiger partial charge in [0.25, 0.3) is 15.7 Å². The molecule has 3 atom stereocenters. The zero-order valence-electron chi connectivity index (χ0n) is 13.9. The Morgan fingerprint density at radius 3 is 2.62 bits per heavy atom. The van der Waals surface area contributed by atoms with Crippen molar-refractivity contribution in [2.24, 2.45) is 0 Å². The van der Waals surface area contributed by atoms with E-state index in [1.165, 1.54) is 18.3 Å². The number of rotatable bonds is 5. The largest absolute Gasteiger partial charge is 0.390 e. The number of hydrogen-bond acceptors (Lipinski definition) is 7. The summed E-state index contributed by atoms with van der Waals surface area (Å²) in [6.07, 6.45) is -1.47. The van der Waals surface area contributed by atoms with Crippen LogP contribution in [-0.2, 0) is 19.0 Å². The highest BCUT2D eigenvalue weighted by atomic mass is 32.2. The maximum Gasteiger partial charge on any atom is 0.330 e. The summed E-state index contributed by atoms with van der Waals surface area (Å²) in [5.74, 6) is 0. The average Bonchev–Trinajstić information content (AvgIpc) is 2.94. The molecule has 1 fully saturated rings. The minimum Gasteiger partial charge on any atom is -0.390 e. The molecule has 10 heteroatoms. The molecule has 2 aromatic rings. The summed E-state index contributed by atoms with van der Waals surface area (Å²) in [6, 6.07) is 7.31. The molecule has 0 radical (unpaired) electrons. The summed E-state index contributed by atoms with van der Waals surface area (Å²) < 4.78 is 36.0. The third kappa shape index (κ3) is 3.93. The maximum absolute atomic E-state index is 12.2. The van der Waals surface area contributed by atoms with Crippen molar-refractivity contribution in [3.8, 4) is 0 Å². The molecule has 2 N–H and O–H groups in total. The van der Waals surface area contributed by atoms with E-state index in [2.05, 4.69) is 4.98 Å². The van der Waals surface area contributed by atoms with E-state index in [0.29, 0.717) is 0 Å². The number of aryl methyl sites for hydroxylation is 1. The van der Waals surface area contributed by atoms with Gasteiger partial charge < -0.3 is 9.84 Å². The normalized spacial score (nSPS) is 23.2. The number of benzene rings is 1. The van der Waals surface area contributed by atoms with Crippen LogP contribution in [0.1, 0.15) is 18.2 Å². The van der Waals surface area contributed by atoms with E-state index < -0.39 is 46.4 Å². The summed E-state index contributed by atoms with van der Waals surface area (Å²) >= 11 is 0. The number of aromatic nitrogens is 2. The molecule has 1 aromatic carbocycles. The molecule has 26 heavy (non-hydrogen) atoms. The predicted molar refractivity (Wildman–Crippen MR) is 90.2 cm³/mol. The molecule has 1 aliphatic rings. The van der Waals surface area contributed by atoms with Gasteiger partial charge in [0.1, 0.15) is 12.3 Å². The van der Waals surface area contributed by atoms with Crippen molar-refractivity contribution in [1.82, 2.24) is 9.55 Å². The molecular formula is C16H18N2O7S. The van der Waals surface area contributed by atoms with Gasteiger partial charge in [0, 0.05) is 18.7 Å². The van der Waals surface area contributed by atoms with Crippen molar-refractivity contribution in [3.63, 3.8) is 0 Å². The van der Waals surface area contributed by atoms with E-state index in [4.69, 9.17) is 8.92 Å². The summed E-state index contributed by atoms with van der Waals surface area (Å²) in [6.45, 7) is 1.44. The van der Waals surface area contributed by atoms with Crippen LogP contribution in [0.3, 0.4) is 0 Å². The fourth-order valence-corrected chi connectivity index (χ4v) is 3.54. The SMILES string of the molecule is Cc1ccc(S(=O)(=O)OC[C@H]2O[C@@H](n3ccc(=O)[nH]c3=O)C[C@@H]2O)cc1. The number of aliphatic hydroxyl groups excluding tert-OH is 1. The molecule has 1 aromatic heterocycles. The summed E-state index contributed by atoms with van der Waals surface area (Å²) in [4.78, 5) is 25.0. The first-order valence-corrected chi connectivity index (χ1v) is 9.28. The molecule has 9 nitrogen and oxygen atoms in total. The number of hydrogen-bond donors (Lipinski definition) is 2. The van der Waals surface area contributed by atoms with Crippen molar-refractivity contribution < 1.29 is 22.4 Å². The fraction of sp³-hybridized carbons (Fsp3) is 0.375. The van der Waals surface area contributed by atoms with Crippen molar-refractivity contribution in [1.29, 1.82) is 0 Å². The number of nitrogens with one attached hydrogen (secondary N) is 1. The number of aromatic amines is 1. The van der Waals surface area contributed by atoms with E-state index >= 15 is 0 Å². The van der Waals surface area contributed by atoms with Gasteiger partial charge in [-0.25, -0.2) is 4.79 Å². The standard InChI is InChI=1S/C16H18N2O7S/c1-10-2-4-11(5-3-10)26(22,23)24-9-13-12(19)8-15(25-13)18-7-6-14(20)17-16(18)21/h2-7,12-13,15,19H,8-9H2,1H3,(H,17,20,21)/t12-,13+,15+/m0/s1.